The molecule has 0 bridgehead atoms. The van der Waals surface area contributed by atoms with E-state index in [9.17, 15) is 4.79 Å². The molecule has 0 unspecified atom stereocenters. The number of aryl methyl sites for hydroxylation is 1. The van der Waals surface area contributed by atoms with Crippen LogP contribution in [0.5, 0.6) is 0 Å². The first kappa shape index (κ1) is 11.0. The second kappa shape index (κ2) is 3.96. The van der Waals surface area contributed by atoms with E-state index in [4.69, 9.17) is 4.74 Å². The third-order valence-electron chi connectivity index (χ3n) is 3.20. The molecule has 17 heavy (non-hydrogen) atoms. The number of hydrogen-bond acceptors (Lipinski definition) is 2. The number of nitrogens with one attached hydrogen (secondary N) is 1. The zero-order valence-electron chi connectivity index (χ0n) is 9.47. The van der Waals surface area contributed by atoms with Crippen molar-refractivity contribution in [3.05, 3.63) is 43.6 Å². The van der Waals surface area contributed by atoms with E-state index in [1.54, 1.807) is 0 Å². The number of fused-ring (bicyclic) bond motifs is 2. The van der Waals surface area contributed by atoms with Gasteiger partial charge in [-0.05, 0) is 24.6 Å². The van der Waals surface area contributed by atoms with E-state index >= 15 is 0 Å². The number of aromatic nitrogens is 1. The summed E-state index contributed by atoms with van der Waals surface area (Å²) in [5.41, 5.74) is 3.93. The van der Waals surface area contributed by atoms with E-state index in [0.717, 1.165) is 38.6 Å². The van der Waals surface area contributed by atoms with Crippen LogP contribution in [0.15, 0.2) is 21.4 Å². The minimum absolute atomic E-state index is 0.0952. The molecule has 88 valence electrons. The Morgan fingerprint density at radius 3 is 3.06 bits per heavy atom. The molecule has 0 spiro atoms. The van der Waals surface area contributed by atoms with Gasteiger partial charge in [-0.15, -0.1) is 0 Å². The van der Waals surface area contributed by atoms with Gasteiger partial charge in [-0.2, -0.15) is 0 Å². The Morgan fingerprint density at radius 1 is 1.41 bits per heavy atom. The van der Waals surface area contributed by atoms with Crippen LogP contribution in [0.2, 0.25) is 0 Å². The van der Waals surface area contributed by atoms with Crippen LogP contribution in [0.3, 0.4) is 0 Å². The lowest BCUT2D eigenvalue weighted by Gasteiger charge is -2.17. The molecule has 0 radical (unpaired) electrons. The number of halogens is 1. The molecule has 1 aliphatic rings. The van der Waals surface area contributed by atoms with Gasteiger partial charge in [0.1, 0.15) is 0 Å². The fraction of sp³-hybridized carbons (Fsp3) is 0.308. The van der Waals surface area contributed by atoms with Gasteiger partial charge in [-0.1, -0.05) is 15.9 Å². The van der Waals surface area contributed by atoms with Gasteiger partial charge in [0.15, 0.2) is 5.43 Å². The first-order valence-corrected chi connectivity index (χ1v) is 6.38. The van der Waals surface area contributed by atoms with E-state index in [-0.39, 0.29) is 5.43 Å². The van der Waals surface area contributed by atoms with Gasteiger partial charge in [0.2, 0.25) is 0 Å². The van der Waals surface area contributed by atoms with Crippen LogP contribution >= 0.6 is 15.9 Å². The molecule has 3 nitrogen and oxygen atoms in total. The number of ether oxygens (including phenoxy) is 1. The number of hydrogen-bond donors (Lipinski definition) is 1. The van der Waals surface area contributed by atoms with Gasteiger partial charge in [0.05, 0.1) is 18.7 Å². The zero-order valence-corrected chi connectivity index (χ0v) is 11.1. The van der Waals surface area contributed by atoms with Crippen LogP contribution in [-0.4, -0.2) is 11.6 Å². The van der Waals surface area contributed by atoms with Crippen molar-refractivity contribution in [3.8, 4) is 0 Å². The van der Waals surface area contributed by atoms with Gasteiger partial charge in [-0.25, -0.2) is 0 Å². The molecule has 2 aromatic rings. The van der Waals surface area contributed by atoms with Crippen LogP contribution in [0, 0.1) is 6.92 Å². The molecule has 1 aromatic heterocycles. The van der Waals surface area contributed by atoms with E-state index in [0.29, 0.717) is 13.2 Å². The van der Waals surface area contributed by atoms with E-state index in [1.165, 1.54) is 0 Å². The summed E-state index contributed by atoms with van der Waals surface area (Å²) in [4.78, 5) is 15.7. The fourth-order valence-corrected chi connectivity index (χ4v) is 2.90. The molecule has 0 saturated carbocycles. The third kappa shape index (κ3) is 1.72. The Balaban J connectivity index is 2.44. The average molecular weight is 294 g/mol. The molecule has 3 rings (SSSR count). The molecule has 2 heterocycles. The standard InChI is InChI=1S/C13H12BrNO2/c1-7-4-8(14)5-9-12(7)15-11-2-3-17-6-10(11)13(9)16/h4-5H,2-3,6H2,1H3,(H,15,16). The molecule has 1 aromatic carbocycles. The summed E-state index contributed by atoms with van der Waals surface area (Å²) in [7, 11) is 0. The Morgan fingerprint density at radius 2 is 2.24 bits per heavy atom. The van der Waals surface area contributed by atoms with Crippen molar-refractivity contribution in [3.63, 3.8) is 0 Å². The molecular weight excluding hydrogens is 282 g/mol. The lowest BCUT2D eigenvalue weighted by atomic mass is 10.0. The van der Waals surface area contributed by atoms with Gasteiger partial charge >= 0.3 is 0 Å². The Labute approximate surface area is 107 Å². The summed E-state index contributed by atoms with van der Waals surface area (Å²) in [6.07, 6.45) is 0.788. The maximum atomic E-state index is 12.4. The summed E-state index contributed by atoms with van der Waals surface area (Å²) in [5, 5.41) is 0.737. The van der Waals surface area contributed by atoms with Gasteiger partial charge < -0.3 is 9.72 Å². The summed E-state index contributed by atoms with van der Waals surface area (Å²) in [6, 6.07) is 3.89. The highest BCUT2D eigenvalue weighted by Crippen LogP contribution is 2.23. The molecule has 0 aliphatic carbocycles. The SMILES string of the molecule is Cc1cc(Br)cc2c(=O)c3c([nH]c12)CCOC3. The number of rotatable bonds is 0. The highest BCUT2D eigenvalue weighted by molar-refractivity contribution is 9.10. The number of benzene rings is 1. The molecule has 4 heteroatoms. The second-order valence-corrected chi connectivity index (χ2v) is 5.27. The highest BCUT2D eigenvalue weighted by Gasteiger charge is 2.16. The van der Waals surface area contributed by atoms with Crippen molar-refractivity contribution >= 4 is 26.8 Å². The predicted octanol–water partition coefficient (Wildman–Crippen LogP) is 2.67. The van der Waals surface area contributed by atoms with Crippen LogP contribution in [0.1, 0.15) is 16.8 Å². The van der Waals surface area contributed by atoms with Crippen LogP contribution < -0.4 is 5.43 Å². The van der Waals surface area contributed by atoms with Crippen molar-refractivity contribution in [1.82, 2.24) is 4.98 Å². The number of aromatic amines is 1. The summed E-state index contributed by atoms with van der Waals surface area (Å²) >= 11 is 3.43. The molecule has 0 fully saturated rings. The van der Waals surface area contributed by atoms with Crippen molar-refractivity contribution in [2.24, 2.45) is 0 Å². The zero-order chi connectivity index (χ0) is 12.0. The molecule has 0 saturated heterocycles. The molecule has 0 atom stereocenters. The minimum Gasteiger partial charge on any atom is -0.376 e. The minimum atomic E-state index is 0.0952. The third-order valence-corrected chi connectivity index (χ3v) is 3.66. The first-order valence-electron chi connectivity index (χ1n) is 5.58. The van der Waals surface area contributed by atoms with Gasteiger partial charge in [0.25, 0.3) is 0 Å². The monoisotopic (exact) mass is 293 g/mol. The van der Waals surface area contributed by atoms with E-state index < -0.39 is 0 Å². The maximum Gasteiger partial charge on any atom is 0.195 e. The van der Waals surface area contributed by atoms with Crippen LogP contribution in [-0.2, 0) is 17.8 Å². The molecular formula is C13H12BrNO2. The summed E-state index contributed by atoms with van der Waals surface area (Å²) < 4.78 is 6.29. The van der Waals surface area contributed by atoms with E-state index in [2.05, 4.69) is 20.9 Å². The molecule has 1 N–H and O–H groups in total. The van der Waals surface area contributed by atoms with Crippen molar-refractivity contribution in [2.75, 3.05) is 6.61 Å². The lowest BCUT2D eigenvalue weighted by molar-refractivity contribution is 0.109. The smallest absolute Gasteiger partial charge is 0.195 e. The highest BCUT2D eigenvalue weighted by atomic mass is 79.9. The second-order valence-electron chi connectivity index (χ2n) is 4.36. The predicted molar refractivity (Wildman–Crippen MR) is 70.4 cm³/mol. The Hall–Kier alpha value is -1.13. The normalized spacial score (nSPS) is 14.9. The first-order chi connectivity index (χ1) is 8.16. The van der Waals surface area contributed by atoms with Crippen LogP contribution in [0.4, 0.5) is 0 Å². The van der Waals surface area contributed by atoms with Crippen molar-refractivity contribution in [2.45, 2.75) is 20.0 Å². The average Bonchev–Trinajstić information content (AvgIpc) is 2.31. The quantitative estimate of drug-likeness (QED) is 0.811. The van der Waals surface area contributed by atoms with Crippen LogP contribution in [0.25, 0.3) is 10.9 Å². The molecule has 1 aliphatic heterocycles. The summed E-state index contributed by atoms with van der Waals surface area (Å²) in [6.45, 7) is 3.12. The number of H-pyrrole nitrogens is 1. The topological polar surface area (TPSA) is 42.1 Å². The fourth-order valence-electron chi connectivity index (χ4n) is 2.33. The Bertz CT molecular complexity index is 660. The van der Waals surface area contributed by atoms with E-state index in [1.807, 2.05) is 19.1 Å². The summed E-state index contributed by atoms with van der Waals surface area (Å²) in [5.74, 6) is 0. The Kier molecular flexibility index (Phi) is 2.56. The van der Waals surface area contributed by atoms with Gasteiger partial charge in [-0.3, -0.25) is 4.79 Å². The number of pyridine rings is 1. The van der Waals surface area contributed by atoms with Gasteiger partial charge in [0, 0.05) is 27.5 Å². The largest absolute Gasteiger partial charge is 0.376 e. The van der Waals surface area contributed by atoms with Crippen molar-refractivity contribution in [1.29, 1.82) is 0 Å². The maximum absolute atomic E-state index is 12.4. The molecule has 0 amide bonds. The lowest BCUT2D eigenvalue weighted by Crippen LogP contribution is -2.22. The van der Waals surface area contributed by atoms with Crippen molar-refractivity contribution < 1.29 is 4.74 Å².